The van der Waals surface area contributed by atoms with E-state index in [1.54, 1.807) is 0 Å². The molecule has 0 atom stereocenters. The number of nitrogens with one attached hydrogen (secondary N) is 1. The van der Waals surface area contributed by atoms with Crippen molar-refractivity contribution in [2.24, 2.45) is 0 Å². The van der Waals surface area contributed by atoms with Crippen LogP contribution in [-0.2, 0) is 0 Å². The van der Waals surface area contributed by atoms with E-state index in [1.165, 1.54) is 29.8 Å². The van der Waals surface area contributed by atoms with Crippen LogP contribution >= 0.6 is 11.3 Å². The van der Waals surface area contributed by atoms with Crippen LogP contribution in [-0.4, -0.2) is 22.5 Å². The van der Waals surface area contributed by atoms with E-state index in [2.05, 4.69) is 20.0 Å². The predicted octanol–water partition coefficient (Wildman–Crippen LogP) is 4.25. The summed E-state index contributed by atoms with van der Waals surface area (Å²) in [7, 11) is 0. The highest BCUT2D eigenvalue weighted by atomic mass is 32.1. The van der Waals surface area contributed by atoms with Crippen molar-refractivity contribution in [2.75, 3.05) is 11.1 Å². The van der Waals surface area contributed by atoms with Gasteiger partial charge in [0.05, 0.1) is 11.1 Å². The second-order valence-corrected chi connectivity index (χ2v) is 5.60. The molecule has 1 aromatic carbocycles. The Bertz CT molecular complexity index is 871. The van der Waals surface area contributed by atoms with Gasteiger partial charge in [0.1, 0.15) is 22.7 Å². The Hall–Kier alpha value is -2.62. The lowest BCUT2D eigenvalue weighted by Crippen LogP contribution is -2.33. The number of nitrogens with two attached hydrogens (primary N) is 1. The lowest BCUT2D eigenvalue weighted by molar-refractivity contribution is -0.252. The second-order valence-electron chi connectivity index (χ2n) is 4.70. The molecule has 0 saturated carbocycles. The zero-order chi connectivity index (χ0) is 17.3. The molecule has 24 heavy (non-hydrogen) atoms. The highest BCUT2D eigenvalue weighted by Gasteiger charge is 2.44. The standard InChI is InChI=1S/C14H10F4N4OS/c15-13(16)14(17,18)23-10-2-1-7(5-9(10)19)22-11-8-3-4-24-12(8)21-6-20-11/h1-6,13H,19H2,(H,20,21,22). The number of rotatable bonds is 5. The largest absolute Gasteiger partial charge is 0.461 e. The Morgan fingerprint density at radius 1 is 1.21 bits per heavy atom. The van der Waals surface area contributed by atoms with Gasteiger partial charge in [0.2, 0.25) is 0 Å². The van der Waals surface area contributed by atoms with Crippen LogP contribution in [0.15, 0.2) is 36.0 Å². The summed E-state index contributed by atoms with van der Waals surface area (Å²) in [4.78, 5) is 8.98. The van der Waals surface area contributed by atoms with E-state index in [1.807, 2.05) is 11.4 Å². The molecule has 2 heterocycles. The number of benzene rings is 1. The fourth-order valence-electron chi connectivity index (χ4n) is 1.94. The van der Waals surface area contributed by atoms with E-state index in [0.29, 0.717) is 11.5 Å². The highest BCUT2D eigenvalue weighted by Crippen LogP contribution is 2.34. The molecule has 0 aliphatic heterocycles. The molecule has 0 aliphatic carbocycles. The Balaban J connectivity index is 1.84. The number of halogens is 4. The van der Waals surface area contributed by atoms with Crippen LogP contribution in [0.4, 0.5) is 34.8 Å². The van der Waals surface area contributed by atoms with Crippen molar-refractivity contribution in [3.05, 3.63) is 36.0 Å². The lowest BCUT2D eigenvalue weighted by atomic mass is 10.2. The van der Waals surface area contributed by atoms with Crippen molar-refractivity contribution < 1.29 is 22.3 Å². The van der Waals surface area contributed by atoms with E-state index in [-0.39, 0.29) is 5.69 Å². The van der Waals surface area contributed by atoms with Crippen LogP contribution in [0.1, 0.15) is 0 Å². The molecule has 5 nitrogen and oxygen atoms in total. The summed E-state index contributed by atoms with van der Waals surface area (Å²) >= 11 is 1.44. The van der Waals surface area contributed by atoms with E-state index in [0.717, 1.165) is 16.3 Å². The number of ether oxygens (including phenoxy) is 1. The van der Waals surface area contributed by atoms with Gasteiger partial charge in [-0.2, -0.15) is 17.6 Å². The SMILES string of the molecule is Nc1cc(Nc2ncnc3sccc23)ccc1OC(F)(F)C(F)F. The summed E-state index contributed by atoms with van der Waals surface area (Å²) in [5.74, 6) is -0.0264. The third kappa shape index (κ3) is 3.18. The van der Waals surface area contributed by atoms with Crippen LogP contribution < -0.4 is 15.8 Å². The van der Waals surface area contributed by atoms with Crippen molar-refractivity contribution in [1.29, 1.82) is 0 Å². The molecule has 0 spiro atoms. The molecule has 3 rings (SSSR count). The smallest absolute Gasteiger partial charge is 0.426 e. The molecule has 0 fully saturated rings. The van der Waals surface area contributed by atoms with Gasteiger partial charge in [-0.05, 0) is 29.6 Å². The Morgan fingerprint density at radius 2 is 2.00 bits per heavy atom. The lowest BCUT2D eigenvalue weighted by Gasteiger charge is -2.18. The molecule has 0 bridgehead atoms. The van der Waals surface area contributed by atoms with Gasteiger partial charge >= 0.3 is 12.5 Å². The molecular formula is C14H10F4N4OS. The summed E-state index contributed by atoms with van der Waals surface area (Å²) in [5.41, 5.74) is 5.83. The number of thiophene rings is 1. The maximum Gasteiger partial charge on any atom is 0.461 e. The van der Waals surface area contributed by atoms with Crippen LogP contribution in [0.5, 0.6) is 5.75 Å². The van der Waals surface area contributed by atoms with Gasteiger partial charge in [-0.15, -0.1) is 11.3 Å². The van der Waals surface area contributed by atoms with Gasteiger partial charge in [-0.1, -0.05) is 0 Å². The molecule has 126 valence electrons. The van der Waals surface area contributed by atoms with Crippen LogP contribution in [0, 0.1) is 0 Å². The van der Waals surface area contributed by atoms with Crippen molar-refractivity contribution in [2.45, 2.75) is 12.5 Å². The molecule has 0 amide bonds. The molecule has 0 saturated heterocycles. The first-order valence-corrected chi connectivity index (χ1v) is 7.44. The van der Waals surface area contributed by atoms with Crippen molar-refractivity contribution >= 4 is 38.7 Å². The maximum absolute atomic E-state index is 12.9. The Labute approximate surface area is 137 Å². The average molecular weight is 358 g/mol. The zero-order valence-electron chi connectivity index (χ0n) is 11.8. The van der Waals surface area contributed by atoms with Gasteiger partial charge in [0.15, 0.2) is 0 Å². The zero-order valence-corrected chi connectivity index (χ0v) is 12.7. The predicted molar refractivity (Wildman–Crippen MR) is 83.1 cm³/mol. The van der Waals surface area contributed by atoms with Crippen LogP contribution in [0.2, 0.25) is 0 Å². The third-order valence-electron chi connectivity index (χ3n) is 3.03. The number of hydrogen-bond acceptors (Lipinski definition) is 6. The molecule has 0 radical (unpaired) electrons. The molecule has 0 aliphatic rings. The number of aromatic nitrogens is 2. The molecule has 10 heteroatoms. The van der Waals surface area contributed by atoms with E-state index in [4.69, 9.17) is 5.73 Å². The van der Waals surface area contributed by atoms with Crippen molar-refractivity contribution in [3.8, 4) is 5.75 Å². The minimum atomic E-state index is -4.61. The Kier molecular flexibility index (Phi) is 4.14. The van der Waals surface area contributed by atoms with E-state index in [9.17, 15) is 17.6 Å². The van der Waals surface area contributed by atoms with E-state index >= 15 is 0 Å². The monoisotopic (exact) mass is 358 g/mol. The van der Waals surface area contributed by atoms with Gasteiger partial charge in [-0.3, -0.25) is 0 Å². The van der Waals surface area contributed by atoms with E-state index < -0.39 is 18.3 Å². The van der Waals surface area contributed by atoms with Crippen LogP contribution in [0.3, 0.4) is 0 Å². The summed E-state index contributed by atoms with van der Waals surface area (Å²) in [6.45, 7) is 0. The Morgan fingerprint density at radius 3 is 2.71 bits per heavy atom. The molecule has 3 N–H and O–H groups in total. The first-order valence-electron chi connectivity index (χ1n) is 6.56. The first-order chi connectivity index (χ1) is 11.4. The quantitative estimate of drug-likeness (QED) is 0.527. The fourth-order valence-corrected chi connectivity index (χ4v) is 2.67. The van der Waals surface area contributed by atoms with Crippen molar-refractivity contribution in [3.63, 3.8) is 0 Å². The van der Waals surface area contributed by atoms with Crippen LogP contribution in [0.25, 0.3) is 10.2 Å². The summed E-state index contributed by atoms with van der Waals surface area (Å²) in [5, 5.41) is 5.60. The van der Waals surface area contributed by atoms with Gasteiger partial charge in [0.25, 0.3) is 0 Å². The van der Waals surface area contributed by atoms with Gasteiger partial charge in [-0.25, -0.2) is 9.97 Å². The number of anilines is 3. The van der Waals surface area contributed by atoms with Crippen molar-refractivity contribution in [1.82, 2.24) is 9.97 Å². The minimum absolute atomic E-state index is 0.212. The topological polar surface area (TPSA) is 73.1 Å². The number of nitrogen functional groups attached to an aromatic ring is 1. The highest BCUT2D eigenvalue weighted by molar-refractivity contribution is 7.16. The average Bonchev–Trinajstić information content (AvgIpc) is 2.99. The summed E-state index contributed by atoms with van der Waals surface area (Å²) < 4.78 is 54.2. The number of alkyl halides is 4. The van der Waals surface area contributed by atoms with Gasteiger partial charge in [0, 0.05) is 5.69 Å². The fraction of sp³-hybridized carbons (Fsp3) is 0.143. The molecule has 3 aromatic rings. The molecule has 2 aromatic heterocycles. The summed E-state index contributed by atoms with van der Waals surface area (Å²) in [6.07, 6.45) is -7.19. The van der Waals surface area contributed by atoms with Gasteiger partial charge < -0.3 is 15.8 Å². The normalized spacial score (nSPS) is 11.9. The third-order valence-corrected chi connectivity index (χ3v) is 3.86. The molecular weight excluding hydrogens is 348 g/mol. The first kappa shape index (κ1) is 16.2. The summed E-state index contributed by atoms with van der Waals surface area (Å²) in [6, 6.07) is 5.57. The second kappa shape index (κ2) is 6.11. The maximum atomic E-state index is 12.9. The number of hydrogen-bond donors (Lipinski definition) is 2. The minimum Gasteiger partial charge on any atom is -0.426 e. The number of fused-ring (bicyclic) bond motifs is 1. The molecule has 0 unspecified atom stereocenters. The number of nitrogens with zero attached hydrogens (tertiary/aromatic N) is 2.